The highest BCUT2D eigenvalue weighted by Gasteiger charge is 2.19. The van der Waals surface area contributed by atoms with Gasteiger partial charge in [-0.1, -0.05) is 12.1 Å². The van der Waals surface area contributed by atoms with E-state index in [4.69, 9.17) is 4.74 Å². The quantitative estimate of drug-likeness (QED) is 0.305. The molecule has 1 N–H and O–H groups in total. The number of anilines is 1. The van der Waals surface area contributed by atoms with Gasteiger partial charge in [0.1, 0.15) is 5.01 Å². The van der Waals surface area contributed by atoms with Crippen LogP contribution in [0.2, 0.25) is 0 Å². The smallest absolute Gasteiger partial charge is 0.311 e. The number of nitrogens with zero attached hydrogens (tertiary/aromatic N) is 2. The number of thiazole rings is 1. The number of carbonyl (C=O) groups is 1. The van der Waals surface area contributed by atoms with Crippen LogP contribution in [0.5, 0.6) is 5.75 Å². The predicted octanol–water partition coefficient (Wildman–Crippen LogP) is 5.83. The normalized spacial score (nSPS) is 10.8. The van der Waals surface area contributed by atoms with Crippen LogP contribution in [-0.4, -0.2) is 22.4 Å². The SMILES string of the molecule is CCOc1ccc(C(=O)Nc2ccc(-c3nc4ccccc4s3)cc2C)cc1[N+](=O)[O-]. The zero-order chi connectivity index (χ0) is 22.0. The first kappa shape index (κ1) is 20.5. The molecule has 0 saturated heterocycles. The van der Waals surface area contributed by atoms with E-state index in [1.54, 1.807) is 18.3 Å². The lowest BCUT2D eigenvalue weighted by molar-refractivity contribution is -0.385. The molecule has 0 aliphatic carbocycles. The Kier molecular flexibility index (Phi) is 5.64. The maximum atomic E-state index is 12.7. The van der Waals surface area contributed by atoms with Crippen LogP contribution in [0.4, 0.5) is 11.4 Å². The number of amides is 1. The molecule has 0 spiro atoms. The molecule has 3 aromatic carbocycles. The van der Waals surface area contributed by atoms with Crippen molar-refractivity contribution < 1.29 is 14.5 Å². The van der Waals surface area contributed by atoms with E-state index < -0.39 is 10.8 Å². The van der Waals surface area contributed by atoms with Crippen molar-refractivity contribution >= 4 is 38.8 Å². The summed E-state index contributed by atoms with van der Waals surface area (Å²) in [5.74, 6) is -0.289. The highest BCUT2D eigenvalue weighted by Crippen LogP contribution is 2.32. The van der Waals surface area contributed by atoms with Crippen LogP contribution in [0, 0.1) is 17.0 Å². The van der Waals surface area contributed by atoms with Crippen LogP contribution in [0.15, 0.2) is 60.7 Å². The molecule has 1 amide bonds. The molecule has 156 valence electrons. The number of nitro groups is 1. The zero-order valence-corrected chi connectivity index (χ0v) is 17.7. The van der Waals surface area contributed by atoms with Gasteiger partial charge in [-0.05, 0) is 61.9 Å². The third-order valence-electron chi connectivity index (χ3n) is 4.73. The van der Waals surface area contributed by atoms with Crippen LogP contribution in [0.1, 0.15) is 22.8 Å². The Hall–Kier alpha value is -3.78. The monoisotopic (exact) mass is 433 g/mol. The summed E-state index contributed by atoms with van der Waals surface area (Å²) in [7, 11) is 0. The maximum absolute atomic E-state index is 12.7. The van der Waals surface area contributed by atoms with E-state index in [9.17, 15) is 14.9 Å². The third kappa shape index (κ3) is 4.24. The lowest BCUT2D eigenvalue weighted by atomic mass is 10.1. The van der Waals surface area contributed by atoms with Crippen molar-refractivity contribution in [3.63, 3.8) is 0 Å². The number of benzene rings is 3. The van der Waals surface area contributed by atoms with Gasteiger partial charge in [0.05, 0.1) is 21.7 Å². The molecular formula is C23H19N3O4S. The molecule has 8 heteroatoms. The molecule has 0 atom stereocenters. The number of aromatic nitrogens is 1. The van der Waals surface area contributed by atoms with E-state index >= 15 is 0 Å². The summed E-state index contributed by atoms with van der Waals surface area (Å²) < 4.78 is 6.38. The summed E-state index contributed by atoms with van der Waals surface area (Å²) >= 11 is 1.61. The summed E-state index contributed by atoms with van der Waals surface area (Å²) in [6, 6.07) is 17.8. The molecule has 0 aliphatic heterocycles. The van der Waals surface area contributed by atoms with Crippen molar-refractivity contribution in [2.45, 2.75) is 13.8 Å². The van der Waals surface area contributed by atoms with Gasteiger partial charge in [0.15, 0.2) is 5.75 Å². The van der Waals surface area contributed by atoms with Gasteiger partial charge in [0, 0.05) is 22.9 Å². The van der Waals surface area contributed by atoms with Gasteiger partial charge in [0.2, 0.25) is 0 Å². The molecule has 0 unspecified atom stereocenters. The molecule has 1 aromatic heterocycles. The average molecular weight is 433 g/mol. The minimum absolute atomic E-state index is 0.139. The van der Waals surface area contributed by atoms with Crippen LogP contribution >= 0.6 is 11.3 Å². The molecule has 0 aliphatic rings. The fraction of sp³-hybridized carbons (Fsp3) is 0.130. The summed E-state index contributed by atoms with van der Waals surface area (Å²) in [6.45, 7) is 3.94. The Morgan fingerprint density at radius 1 is 1.16 bits per heavy atom. The molecule has 31 heavy (non-hydrogen) atoms. The second-order valence-electron chi connectivity index (χ2n) is 6.84. The Bertz CT molecular complexity index is 1270. The second kappa shape index (κ2) is 8.53. The van der Waals surface area contributed by atoms with Gasteiger partial charge in [-0.2, -0.15) is 0 Å². The summed E-state index contributed by atoms with van der Waals surface area (Å²) in [6.07, 6.45) is 0. The first-order valence-corrected chi connectivity index (χ1v) is 10.5. The fourth-order valence-corrected chi connectivity index (χ4v) is 4.17. The van der Waals surface area contributed by atoms with Crippen molar-refractivity contribution in [2.24, 2.45) is 0 Å². The zero-order valence-electron chi connectivity index (χ0n) is 16.9. The van der Waals surface area contributed by atoms with Gasteiger partial charge in [-0.3, -0.25) is 14.9 Å². The predicted molar refractivity (Wildman–Crippen MR) is 122 cm³/mol. The molecule has 0 saturated carbocycles. The summed E-state index contributed by atoms with van der Waals surface area (Å²) in [5, 5.41) is 15.0. The van der Waals surface area contributed by atoms with Gasteiger partial charge in [0.25, 0.3) is 5.91 Å². The Labute approximate surface area is 182 Å². The second-order valence-corrected chi connectivity index (χ2v) is 7.87. The van der Waals surface area contributed by atoms with Crippen molar-refractivity contribution in [1.82, 2.24) is 4.98 Å². The van der Waals surface area contributed by atoms with Gasteiger partial charge < -0.3 is 10.1 Å². The number of para-hydroxylation sites is 1. The number of nitrogens with one attached hydrogen (secondary N) is 1. The standard InChI is InChI=1S/C23H19N3O4S/c1-3-30-20-11-9-15(13-19(20)26(28)29)22(27)24-17-10-8-16(12-14(17)2)23-25-18-6-4-5-7-21(18)31-23/h4-13H,3H2,1-2H3,(H,24,27). The van der Waals surface area contributed by atoms with Crippen LogP contribution in [-0.2, 0) is 0 Å². The highest BCUT2D eigenvalue weighted by molar-refractivity contribution is 7.21. The molecule has 4 aromatic rings. The van der Waals surface area contributed by atoms with Crippen LogP contribution in [0.3, 0.4) is 0 Å². The molecule has 1 heterocycles. The molecule has 4 rings (SSSR count). The van der Waals surface area contributed by atoms with Crippen molar-refractivity contribution in [3.8, 4) is 16.3 Å². The van der Waals surface area contributed by atoms with E-state index in [1.165, 1.54) is 18.2 Å². The lowest BCUT2D eigenvalue weighted by Crippen LogP contribution is -2.13. The van der Waals surface area contributed by atoms with Crippen LogP contribution in [0.25, 0.3) is 20.8 Å². The number of fused-ring (bicyclic) bond motifs is 1. The molecular weight excluding hydrogens is 414 g/mol. The first-order valence-electron chi connectivity index (χ1n) is 9.65. The topological polar surface area (TPSA) is 94.4 Å². The number of aryl methyl sites for hydroxylation is 1. The van der Waals surface area contributed by atoms with Gasteiger partial charge in [-0.15, -0.1) is 11.3 Å². The van der Waals surface area contributed by atoms with E-state index in [0.717, 1.165) is 26.4 Å². The van der Waals surface area contributed by atoms with E-state index in [1.807, 2.05) is 49.4 Å². The molecule has 7 nitrogen and oxygen atoms in total. The van der Waals surface area contributed by atoms with Crippen molar-refractivity contribution in [1.29, 1.82) is 0 Å². The van der Waals surface area contributed by atoms with Crippen molar-refractivity contribution in [2.75, 3.05) is 11.9 Å². The molecule has 0 bridgehead atoms. The first-order chi connectivity index (χ1) is 15.0. The highest BCUT2D eigenvalue weighted by atomic mass is 32.1. The Morgan fingerprint density at radius 2 is 1.97 bits per heavy atom. The number of hydrogen-bond donors (Lipinski definition) is 1. The van der Waals surface area contributed by atoms with Crippen LogP contribution < -0.4 is 10.1 Å². The van der Waals surface area contributed by atoms with E-state index in [-0.39, 0.29) is 17.0 Å². The molecule has 0 radical (unpaired) electrons. The number of carbonyl (C=O) groups excluding carboxylic acids is 1. The lowest BCUT2D eigenvalue weighted by Gasteiger charge is -2.10. The Morgan fingerprint density at radius 3 is 2.68 bits per heavy atom. The Balaban J connectivity index is 1.57. The number of ether oxygens (including phenoxy) is 1. The maximum Gasteiger partial charge on any atom is 0.311 e. The number of hydrogen-bond acceptors (Lipinski definition) is 6. The van der Waals surface area contributed by atoms with Gasteiger partial charge in [-0.25, -0.2) is 4.98 Å². The van der Waals surface area contributed by atoms with Gasteiger partial charge >= 0.3 is 5.69 Å². The minimum atomic E-state index is -0.556. The molecule has 0 fully saturated rings. The van der Waals surface area contributed by atoms with Crippen molar-refractivity contribution in [3.05, 3.63) is 81.9 Å². The summed E-state index contributed by atoms with van der Waals surface area (Å²) in [5.41, 5.74) is 3.36. The summed E-state index contributed by atoms with van der Waals surface area (Å²) in [4.78, 5) is 28.1. The third-order valence-corrected chi connectivity index (χ3v) is 5.82. The number of nitro benzene ring substituents is 1. The average Bonchev–Trinajstić information content (AvgIpc) is 3.19. The largest absolute Gasteiger partial charge is 0.487 e. The fourth-order valence-electron chi connectivity index (χ4n) is 3.21. The minimum Gasteiger partial charge on any atom is -0.487 e. The number of rotatable bonds is 6. The van der Waals surface area contributed by atoms with E-state index in [2.05, 4.69) is 10.3 Å². The van der Waals surface area contributed by atoms with E-state index in [0.29, 0.717) is 12.3 Å².